The summed E-state index contributed by atoms with van der Waals surface area (Å²) >= 11 is 0. The first kappa shape index (κ1) is 27.8. The zero-order valence-corrected chi connectivity index (χ0v) is 15.2. The van der Waals surface area contributed by atoms with Gasteiger partial charge in [0.05, 0.1) is 12.8 Å². The molecule has 15 heteroatoms. The van der Waals surface area contributed by atoms with Crippen LogP contribution in [0.15, 0.2) is 4.99 Å². The number of hydrogen-bond acceptors (Lipinski definition) is 8. The first-order valence-electron chi connectivity index (χ1n) is 7.96. The Labute approximate surface area is 164 Å². The van der Waals surface area contributed by atoms with E-state index in [2.05, 4.69) is 10.3 Å². The van der Waals surface area contributed by atoms with Crippen molar-refractivity contribution in [1.82, 2.24) is 5.32 Å². The van der Waals surface area contributed by atoms with Crippen LogP contribution in [0.25, 0.3) is 0 Å². The molecular weight excluding hydrogens is 398 g/mol. The third kappa shape index (κ3) is 16.4. The fraction of sp³-hybridized carbons (Fsp3) is 0.571. The van der Waals surface area contributed by atoms with Gasteiger partial charge in [0.25, 0.3) is 0 Å². The topological polar surface area (TPSA) is 289 Å². The van der Waals surface area contributed by atoms with Gasteiger partial charge in [-0.15, -0.1) is 0 Å². The second-order valence-corrected chi connectivity index (χ2v) is 5.54. The van der Waals surface area contributed by atoms with E-state index >= 15 is 0 Å². The molecule has 0 aromatic rings. The Balaban J connectivity index is 0. The lowest BCUT2D eigenvalue weighted by Gasteiger charge is -2.18. The second-order valence-electron chi connectivity index (χ2n) is 5.54. The van der Waals surface area contributed by atoms with Crippen molar-refractivity contribution < 1.29 is 49.5 Å². The molecule has 0 aliphatic carbocycles. The third-order valence-corrected chi connectivity index (χ3v) is 3.03. The minimum Gasteiger partial charge on any atom is -0.481 e. The van der Waals surface area contributed by atoms with Crippen molar-refractivity contribution in [1.29, 1.82) is 0 Å². The summed E-state index contributed by atoms with van der Waals surface area (Å²) in [6.07, 6.45) is -0.876. The van der Waals surface area contributed by atoms with Gasteiger partial charge in [0.1, 0.15) is 18.1 Å². The van der Waals surface area contributed by atoms with Crippen molar-refractivity contribution in [3.8, 4) is 0 Å². The van der Waals surface area contributed by atoms with Gasteiger partial charge in [-0.25, -0.2) is 0 Å². The maximum atomic E-state index is 11.0. The lowest BCUT2D eigenvalue weighted by Crippen LogP contribution is -2.48. The number of nitrogens with one attached hydrogen (secondary N) is 1. The molecule has 1 unspecified atom stereocenters. The van der Waals surface area contributed by atoms with E-state index in [1.807, 2.05) is 0 Å². The number of carboxylic acid groups (broad SMARTS) is 5. The molecule has 12 N–H and O–H groups in total. The van der Waals surface area contributed by atoms with Crippen LogP contribution in [0.2, 0.25) is 0 Å². The van der Waals surface area contributed by atoms with E-state index in [4.69, 9.17) is 42.7 Å². The molecule has 0 amide bonds. The smallest absolute Gasteiger partial charge is 0.321 e. The van der Waals surface area contributed by atoms with Crippen LogP contribution in [-0.2, 0) is 24.0 Å². The number of aliphatic imine (C=N–C) groups is 1. The van der Waals surface area contributed by atoms with Crippen molar-refractivity contribution in [2.24, 2.45) is 22.2 Å². The van der Waals surface area contributed by atoms with Gasteiger partial charge < -0.3 is 42.7 Å². The van der Waals surface area contributed by atoms with Crippen LogP contribution in [-0.4, -0.2) is 86.0 Å². The lowest BCUT2D eigenvalue weighted by molar-refractivity contribution is -0.147. The molecule has 0 spiro atoms. The minimum absolute atomic E-state index is 0.0650. The van der Waals surface area contributed by atoms with E-state index in [0.29, 0.717) is 6.42 Å². The summed E-state index contributed by atoms with van der Waals surface area (Å²) in [5, 5.41) is 44.7. The Morgan fingerprint density at radius 2 is 1.28 bits per heavy atom. The number of carboxylic acids is 5. The molecule has 0 aliphatic rings. The summed E-state index contributed by atoms with van der Waals surface area (Å²) < 4.78 is 0. The predicted molar refractivity (Wildman–Crippen MR) is 96.0 cm³/mol. The largest absolute Gasteiger partial charge is 0.481 e. The summed E-state index contributed by atoms with van der Waals surface area (Å²) in [7, 11) is 0. The normalized spacial score (nSPS) is 13.0. The zero-order chi connectivity index (χ0) is 23.1. The number of nitrogens with zero attached hydrogens (tertiary/aromatic N) is 1. The summed E-state index contributed by atoms with van der Waals surface area (Å²) in [4.78, 5) is 55.6. The van der Waals surface area contributed by atoms with Gasteiger partial charge in [-0.1, -0.05) is 0 Å². The van der Waals surface area contributed by atoms with E-state index in [1.165, 1.54) is 0 Å². The molecule has 0 saturated carbocycles. The van der Waals surface area contributed by atoms with Crippen LogP contribution in [0.3, 0.4) is 0 Å². The highest BCUT2D eigenvalue weighted by molar-refractivity contribution is 5.82. The molecule has 0 aliphatic heterocycles. The molecule has 15 nitrogen and oxygen atoms in total. The Bertz CT molecular complexity index is 620. The molecule has 166 valence electrons. The first-order valence-corrected chi connectivity index (χ1v) is 7.96. The lowest BCUT2D eigenvalue weighted by atomic mass is 10.1. The van der Waals surface area contributed by atoms with Crippen LogP contribution in [0, 0.1) is 0 Å². The number of guanidine groups is 1. The zero-order valence-electron chi connectivity index (χ0n) is 15.2. The molecule has 0 saturated heterocycles. The second kappa shape index (κ2) is 14.6. The number of carbonyl (C=O) groups is 5. The van der Waals surface area contributed by atoms with Gasteiger partial charge in [0, 0.05) is 6.54 Å². The fourth-order valence-corrected chi connectivity index (χ4v) is 1.69. The van der Waals surface area contributed by atoms with E-state index in [1.54, 1.807) is 0 Å². The Hall–Kier alpha value is -3.46. The van der Waals surface area contributed by atoms with E-state index < -0.39 is 60.8 Å². The quantitative estimate of drug-likeness (QED) is 0.0804. The minimum atomic E-state index is -1.48. The molecule has 3 atom stereocenters. The Morgan fingerprint density at radius 1 is 0.793 bits per heavy atom. The average molecular weight is 423 g/mol. The van der Waals surface area contributed by atoms with Crippen LogP contribution in [0.1, 0.15) is 25.7 Å². The van der Waals surface area contributed by atoms with Crippen LogP contribution in [0.4, 0.5) is 0 Å². The molecule has 0 heterocycles. The summed E-state index contributed by atoms with van der Waals surface area (Å²) in [6.45, 7) is 0.199. The van der Waals surface area contributed by atoms with Crippen LogP contribution >= 0.6 is 0 Å². The van der Waals surface area contributed by atoms with Gasteiger partial charge in [-0.05, 0) is 12.8 Å². The summed E-state index contributed by atoms with van der Waals surface area (Å²) in [6, 6.07) is -3.95. The Kier molecular flexibility index (Phi) is 14.0. The first-order chi connectivity index (χ1) is 13.3. The molecule has 0 rings (SSSR count). The van der Waals surface area contributed by atoms with Crippen LogP contribution < -0.4 is 22.5 Å². The Morgan fingerprint density at radius 3 is 1.59 bits per heavy atom. The summed E-state index contributed by atoms with van der Waals surface area (Å²) in [5.41, 5.74) is 15.0. The SMILES string of the molecule is NC(N)=NCCC[C@H](NC(CC(=O)O)C(=O)O)C(=O)O.N[C@@H](CC(=O)O)C(=O)O. The molecule has 0 aromatic carbocycles. The average Bonchev–Trinajstić information content (AvgIpc) is 2.55. The number of aliphatic carboxylic acids is 5. The molecule has 0 aromatic heterocycles. The van der Waals surface area contributed by atoms with Gasteiger partial charge in [-0.2, -0.15) is 0 Å². The molecule has 0 fully saturated rings. The highest BCUT2D eigenvalue weighted by Crippen LogP contribution is 2.03. The van der Waals surface area contributed by atoms with Crippen molar-refractivity contribution in [2.75, 3.05) is 6.54 Å². The highest BCUT2D eigenvalue weighted by atomic mass is 16.4. The van der Waals surface area contributed by atoms with Crippen molar-refractivity contribution in [3.05, 3.63) is 0 Å². The third-order valence-electron chi connectivity index (χ3n) is 3.03. The van der Waals surface area contributed by atoms with E-state index in [9.17, 15) is 24.0 Å². The maximum absolute atomic E-state index is 11.0. The summed E-state index contributed by atoms with van der Waals surface area (Å²) in [5.74, 6) is -6.66. The molecular formula is C14H25N5O10. The van der Waals surface area contributed by atoms with Crippen molar-refractivity contribution in [3.63, 3.8) is 0 Å². The van der Waals surface area contributed by atoms with Gasteiger partial charge >= 0.3 is 29.8 Å². The van der Waals surface area contributed by atoms with Crippen LogP contribution in [0.5, 0.6) is 0 Å². The van der Waals surface area contributed by atoms with Crippen molar-refractivity contribution in [2.45, 2.75) is 43.8 Å². The van der Waals surface area contributed by atoms with Crippen molar-refractivity contribution >= 4 is 35.8 Å². The molecule has 29 heavy (non-hydrogen) atoms. The van der Waals surface area contributed by atoms with Gasteiger partial charge in [0.2, 0.25) is 0 Å². The monoisotopic (exact) mass is 423 g/mol. The number of nitrogens with two attached hydrogens (primary N) is 3. The standard InChI is InChI=1S/C10H18N4O6.C4H7NO4/c11-10(12)13-3-1-2-5(8(17)18)14-6(9(19)20)4-7(15)16;5-2(4(8)9)1-3(6)7/h5-6,14H,1-4H2,(H,15,16)(H,17,18)(H,19,20)(H4,11,12,13);2H,1,5H2,(H,6,7)(H,8,9)/t5-,6?;2-/m00/s1. The van der Waals surface area contributed by atoms with E-state index in [0.717, 1.165) is 0 Å². The molecule has 0 radical (unpaired) electrons. The van der Waals surface area contributed by atoms with E-state index in [-0.39, 0.29) is 18.9 Å². The number of hydrogen-bond donors (Lipinski definition) is 9. The number of rotatable bonds is 13. The van der Waals surface area contributed by atoms with Gasteiger partial charge in [0.15, 0.2) is 5.96 Å². The molecule has 0 bridgehead atoms. The fourth-order valence-electron chi connectivity index (χ4n) is 1.69. The van der Waals surface area contributed by atoms with Gasteiger partial charge in [-0.3, -0.25) is 34.3 Å². The maximum Gasteiger partial charge on any atom is 0.321 e. The predicted octanol–water partition coefficient (Wildman–Crippen LogP) is -3.12. The highest BCUT2D eigenvalue weighted by Gasteiger charge is 2.27.